The van der Waals surface area contributed by atoms with Gasteiger partial charge in [-0.2, -0.15) is 0 Å². The van der Waals surface area contributed by atoms with Crippen LogP contribution in [0.2, 0.25) is 0 Å². The predicted octanol–water partition coefficient (Wildman–Crippen LogP) is 4.60. The van der Waals surface area contributed by atoms with Gasteiger partial charge in [0.1, 0.15) is 11.5 Å². The fraction of sp³-hybridized carbons (Fsp3) is 0.517. The molecule has 0 saturated carbocycles. The van der Waals surface area contributed by atoms with Gasteiger partial charge in [-0.1, -0.05) is 31.2 Å². The lowest BCUT2D eigenvalue weighted by Crippen LogP contribution is -2.45. The van der Waals surface area contributed by atoms with Crippen LogP contribution in [0, 0.1) is 5.41 Å². The molecule has 0 bridgehead atoms. The van der Waals surface area contributed by atoms with Gasteiger partial charge in [-0.3, -0.25) is 9.59 Å². The number of ether oxygens (including phenoxy) is 2. The number of benzene rings is 2. The smallest absolute Gasteiger partial charge is 0.229 e. The van der Waals surface area contributed by atoms with Crippen LogP contribution in [0.1, 0.15) is 56.2 Å². The Kier molecular flexibility index (Phi) is 10.2. The van der Waals surface area contributed by atoms with E-state index in [0.717, 1.165) is 74.5 Å². The number of piperidine rings is 1. The average Bonchev–Trinajstić information content (AvgIpc) is 3.22. The molecule has 2 heterocycles. The third kappa shape index (κ3) is 6.96. The van der Waals surface area contributed by atoms with Gasteiger partial charge in [0, 0.05) is 26.1 Å². The zero-order valence-corrected chi connectivity index (χ0v) is 23.0. The van der Waals surface area contributed by atoms with Gasteiger partial charge in [0.25, 0.3) is 0 Å². The monoisotopic (exact) mass is 529 g/mol. The Morgan fingerprint density at radius 1 is 0.946 bits per heavy atom. The van der Waals surface area contributed by atoms with Crippen molar-refractivity contribution in [3.63, 3.8) is 0 Å². The number of hydrogen-bond acceptors (Lipinski definition) is 5. The van der Waals surface area contributed by atoms with Gasteiger partial charge in [0.05, 0.1) is 25.7 Å². The number of amides is 2. The second-order valence-electron chi connectivity index (χ2n) is 9.98. The van der Waals surface area contributed by atoms with Crippen LogP contribution >= 0.6 is 12.4 Å². The summed E-state index contributed by atoms with van der Waals surface area (Å²) in [6.45, 7) is 6.09. The zero-order valence-electron chi connectivity index (χ0n) is 22.2. The van der Waals surface area contributed by atoms with Crippen molar-refractivity contribution < 1.29 is 19.1 Å². The zero-order chi connectivity index (χ0) is 25.5. The molecule has 0 aliphatic carbocycles. The third-order valence-corrected chi connectivity index (χ3v) is 7.86. The normalized spacial score (nSPS) is 17.8. The summed E-state index contributed by atoms with van der Waals surface area (Å²) in [6.07, 6.45) is 4.05. The molecule has 8 heteroatoms. The Bertz CT molecular complexity index is 1020. The summed E-state index contributed by atoms with van der Waals surface area (Å²) in [4.78, 5) is 30.0. The second kappa shape index (κ2) is 13.2. The van der Waals surface area contributed by atoms with Gasteiger partial charge in [0.15, 0.2) is 0 Å². The van der Waals surface area contributed by atoms with Crippen LogP contribution in [-0.2, 0) is 16.1 Å². The number of methoxy groups -OCH3 is 2. The fourth-order valence-electron chi connectivity index (χ4n) is 5.43. The van der Waals surface area contributed by atoms with Crippen LogP contribution in [0.25, 0.3) is 0 Å². The molecule has 1 unspecified atom stereocenters. The number of likely N-dealkylation sites (tertiary alicyclic amines) is 2. The minimum Gasteiger partial charge on any atom is -0.497 e. The summed E-state index contributed by atoms with van der Waals surface area (Å²) in [5, 5.41) is 3.18. The standard InChI is InChI=1S/C29H39N3O4.ClH/c1-4-27(33)30-26(23-7-11-25(36-3)12-8-23)13-17-31-18-14-29(15-19-31)16-20-32(28(29)34)21-22-5-9-24(35-2)10-6-22;/h5-12,26H,4,13-21H2,1-3H3,(H,30,33);1H. The minimum absolute atomic E-state index is 0. The molecule has 0 radical (unpaired) electrons. The summed E-state index contributed by atoms with van der Waals surface area (Å²) >= 11 is 0. The van der Waals surface area contributed by atoms with Crippen LogP contribution < -0.4 is 14.8 Å². The quantitative estimate of drug-likeness (QED) is 0.487. The predicted molar refractivity (Wildman–Crippen MR) is 147 cm³/mol. The van der Waals surface area contributed by atoms with E-state index >= 15 is 0 Å². The summed E-state index contributed by atoms with van der Waals surface area (Å²) in [5.41, 5.74) is 2.01. The van der Waals surface area contributed by atoms with Crippen LogP contribution in [-0.4, -0.2) is 62.0 Å². The van der Waals surface area contributed by atoms with E-state index < -0.39 is 0 Å². The number of nitrogens with one attached hydrogen (secondary N) is 1. The number of halogens is 1. The Balaban J connectivity index is 0.00000380. The summed E-state index contributed by atoms with van der Waals surface area (Å²) < 4.78 is 10.5. The van der Waals surface area contributed by atoms with E-state index in [1.807, 2.05) is 60.4 Å². The minimum atomic E-state index is -0.214. The highest BCUT2D eigenvalue weighted by atomic mass is 35.5. The highest BCUT2D eigenvalue weighted by Gasteiger charge is 2.47. The molecule has 2 aromatic carbocycles. The number of nitrogens with zero attached hydrogens (tertiary/aromatic N) is 2. The van der Waals surface area contributed by atoms with Crippen LogP contribution in [0.3, 0.4) is 0 Å². The Morgan fingerprint density at radius 2 is 1.51 bits per heavy atom. The lowest BCUT2D eigenvalue weighted by molar-refractivity contribution is -0.139. The summed E-state index contributed by atoms with van der Waals surface area (Å²) in [6, 6.07) is 15.9. The molecule has 2 fully saturated rings. The van der Waals surface area contributed by atoms with Crippen molar-refractivity contribution in [2.24, 2.45) is 5.41 Å². The SMILES string of the molecule is CCC(=O)NC(CCN1CCC2(CC1)CCN(Cc1ccc(OC)cc1)C2=O)c1ccc(OC)cc1.Cl. The van der Waals surface area contributed by atoms with Crippen molar-refractivity contribution in [1.82, 2.24) is 15.1 Å². The molecule has 2 amide bonds. The molecule has 2 aromatic rings. The lowest BCUT2D eigenvalue weighted by atomic mass is 9.77. The van der Waals surface area contributed by atoms with E-state index in [-0.39, 0.29) is 29.8 Å². The van der Waals surface area contributed by atoms with Crippen molar-refractivity contribution in [2.45, 2.75) is 51.6 Å². The van der Waals surface area contributed by atoms with E-state index in [1.54, 1.807) is 14.2 Å². The van der Waals surface area contributed by atoms with Crippen molar-refractivity contribution in [3.05, 3.63) is 59.7 Å². The van der Waals surface area contributed by atoms with Crippen LogP contribution in [0.5, 0.6) is 11.5 Å². The third-order valence-electron chi connectivity index (χ3n) is 7.86. The van der Waals surface area contributed by atoms with E-state index in [9.17, 15) is 9.59 Å². The van der Waals surface area contributed by atoms with Crippen LogP contribution in [0.4, 0.5) is 0 Å². The molecule has 2 aliphatic heterocycles. The van der Waals surface area contributed by atoms with Crippen molar-refractivity contribution in [1.29, 1.82) is 0 Å². The van der Waals surface area contributed by atoms with Gasteiger partial charge >= 0.3 is 0 Å². The van der Waals surface area contributed by atoms with Crippen molar-refractivity contribution in [2.75, 3.05) is 40.4 Å². The van der Waals surface area contributed by atoms with E-state index in [2.05, 4.69) is 10.2 Å². The molecule has 4 rings (SSSR count). The van der Waals surface area contributed by atoms with Gasteiger partial charge in [-0.15, -0.1) is 12.4 Å². The van der Waals surface area contributed by atoms with E-state index in [4.69, 9.17) is 9.47 Å². The number of hydrogen-bond donors (Lipinski definition) is 1. The molecule has 202 valence electrons. The first-order valence-corrected chi connectivity index (χ1v) is 13.0. The van der Waals surface area contributed by atoms with Gasteiger partial charge in [-0.25, -0.2) is 0 Å². The molecule has 1 atom stereocenters. The van der Waals surface area contributed by atoms with Crippen molar-refractivity contribution >= 4 is 24.2 Å². The number of rotatable bonds is 10. The lowest BCUT2D eigenvalue weighted by Gasteiger charge is -2.38. The molecular formula is C29H40ClN3O4. The molecule has 1 N–H and O–H groups in total. The Hall–Kier alpha value is -2.77. The maximum atomic E-state index is 13.4. The molecule has 37 heavy (non-hydrogen) atoms. The molecule has 1 spiro atoms. The second-order valence-corrected chi connectivity index (χ2v) is 9.98. The summed E-state index contributed by atoms with van der Waals surface area (Å²) in [5.74, 6) is 2.01. The maximum Gasteiger partial charge on any atom is 0.229 e. The van der Waals surface area contributed by atoms with Crippen LogP contribution in [0.15, 0.2) is 48.5 Å². The average molecular weight is 530 g/mol. The Labute approximate surface area is 226 Å². The van der Waals surface area contributed by atoms with Gasteiger partial charge < -0.3 is 24.6 Å². The van der Waals surface area contributed by atoms with Crippen molar-refractivity contribution in [3.8, 4) is 11.5 Å². The fourth-order valence-corrected chi connectivity index (χ4v) is 5.43. The first-order valence-electron chi connectivity index (χ1n) is 13.0. The van der Waals surface area contributed by atoms with Gasteiger partial charge in [0.2, 0.25) is 11.8 Å². The molecule has 7 nitrogen and oxygen atoms in total. The number of carbonyl (C=O) groups excluding carboxylic acids is 2. The topological polar surface area (TPSA) is 71.1 Å². The maximum absolute atomic E-state index is 13.4. The van der Waals surface area contributed by atoms with E-state index in [1.165, 1.54) is 0 Å². The first-order chi connectivity index (χ1) is 17.5. The highest BCUT2D eigenvalue weighted by molar-refractivity contribution is 5.85. The van der Waals surface area contributed by atoms with E-state index in [0.29, 0.717) is 18.9 Å². The number of carbonyl (C=O) groups is 2. The molecule has 0 aromatic heterocycles. The molecule has 2 aliphatic rings. The summed E-state index contributed by atoms with van der Waals surface area (Å²) in [7, 11) is 3.32. The Morgan fingerprint density at radius 3 is 2.08 bits per heavy atom. The molecular weight excluding hydrogens is 490 g/mol. The largest absolute Gasteiger partial charge is 0.497 e. The molecule has 2 saturated heterocycles. The van der Waals surface area contributed by atoms with Gasteiger partial charge in [-0.05, 0) is 74.2 Å². The first kappa shape index (κ1) is 28.8. The highest BCUT2D eigenvalue weighted by Crippen LogP contribution is 2.42.